The average molecular weight is 326 g/mol. The summed E-state index contributed by atoms with van der Waals surface area (Å²) in [5.41, 5.74) is 5.63. The molecule has 0 radical (unpaired) electrons. The van der Waals surface area contributed by atoms with Crippen LogP contribution in [0.1, 0.15) is 5.56 Å². The fraction of sp³-hybridized carbons (Fsp3) is 0. The van der Waals surface area contributed by atoms with Crippen LogP contribution in [-0.2, 0) is 0 Å². The molecule has 0 fully saturated rings. The van der Waals surface area contributed by atoms with Gasteiger partial charge in [-0.2, -0.15) is 5.26 Å². The van der Waals surface area contributed by atoms with Crippen molar-refractivity contribution < 1.29 is 0 Å². The van der Waals surface area contributed by atoms with Crippen molar-refractivity contribution in [2.24, 2.45) is 0 Å². The third kappa shape index (κ3) is 1.40. The summed E-state index contributed by atoms with van der Waals surface area (Å²) in [6, 6.07) is 6.98. The fourth-order valence-electron chi connectivity index (χ4n) is 1.51. The molecule has 1 aromatic heterocycles. The zero-order chi connectivity index (χ0) is 11.9. The van der Waals surface area contributed by atoms with E-state index in [0.29, 0.717) is 10.9 Å². The standard InChI is InChI=1S/C10H7IN4O/c11-5-1-2-8-6(3-5)9(16)7(4-12)10(13)15(8)14/h1-3H,13-14H2. The molecule has 0 aliphatic heterocycles. The topological polar surface area (TPSA) is 97.8 Å². The Kier molecular flexibility index (Phi) is 2.47. The van der Waals surface area contributed by atoms with Crippen LogP contribution in [0.3, 0.4) is 0 Å². The highest BCUT2D eigenvalue weighted by Gasteiger charge is 2.13. The zero-order valence-electron chi connectivity index (χ0n) is 8.07. The molecule has 1 aromatic carbocycles. The molecule has 16 heavy (non-hydrogen) atoms. The van der Waals surface area contributed by atoms with E-state index in [1.54, 1.807) is 18.2 Å². The minimum atomic E-state index is -0.379. The summed E-state index contributed by atoms with van der Waals surface area (Å²) in [6.45, 7) is 0. The van der Waals surface area contributed by atoms with Crippen LogP contribution in [0.2, 0.25) is 0 Å². The van der Waals surface area contributed by atoms with Gasteiger partial charge in [0.05, 0.1) is 10.9 Å². The molecular formula is C10H7IN4O. The van der Waals surface area contributed by atoms with Gasteiger partial charge in [-0.3, -0.25) is 4.79 Å². The van der Waals surface area contributed by atoms with E-state index in [-0.39, 0.29) is 16.8 Å². The van der Waals surface area contributed by atoms with Crippen molar-refractivity contribution in [3.8, 4) is 6.07 Å². The van der Waals surface area contributed by atoms with E-state index in [1.807, 2.05) is 6.07 Å². The van der Waals surface area contributed by atoms with E-state index >= 15 is 0 Å². The zero-order valence-corrected chi connectivity index (χ0v) is 10.2. The minimum Gasteiger partial charge on any atom is -0.382 e. The molecule has 0 saturated carbocycles. The summed E-state index contributed by atoms with van der Waals surface area (Å²) in [4.78, 5) is 11.9. The van der Waals surface area contributed by atoms with Crippen molar-refractivity contribution in [2.75, 3.05) is 11.6 Å². The van der Waals surface area contributed by atoms with Gasteiger partial charge in [-0.1, -0.05) is 0 Å². The lowest BCUT2D eigenvalue weighted by Crippen LogP contribution is -2.23. The lowest BCUT2D eigenvalue weighted by atomic mass is 10.1. The van der Waals surface area contributed by atoms with Crippen LogP contribution in [0, 0.1) is 14.9 Å². The highest BCUT2D eigenvalue weighted by Crippen LogP contribution is 2.17. The molecule has 2 aromatic rings. The van der Waals surface area contributed by atoms with Gasteiger partial charge in [0, 0.05) is 3.57 Å². The molecule has 0 bridgehead atoms. The highest BCUT2D eigenvalue weighted by atomic mass is 127. The molecule has 80 valence electrons. The van der Waals surface area contributed by atoms with Crippen molar-refractivity contribution in [3.63, 3.8) is 0 Å². The van der Waals surface area contributed by atoms with E-state index in [0.717, 1.165) is 8.25 Å². The molecule has 0 unspecified atom stereocenters. The molecule has 0 amide bonds. The van der Waals surface area contributed by atoms with E-state index < -0.39 is 0 Å². The summed E-state index contributed by atoms with van der Waals surface area (Å²) >= 11 is 2.09. The van der Waals surface area contributed by atoms with Gasteiger partial charge in [0.1, 0.15) is 17.5 Å². The van der Waals surface area contributed by atoms with Crippen molar-refractivity contribution in [3.05, 3.63) is 37.6 Å². The number of hydrogen-bond donors (Lipinski definition) is 2. The maximum Gasteiger partial charge on any atom is 0.209 e. The maximum absolute atomic E-state index is 11.9. The van der Waals surface area contributed by atoms with Gasteiger partial charge < -0.3 is 11.6 Å². The largest absolute Gasteiger partial charge is 0.382 e. The van der Waals surface area contributed by atoms with Gasteiger partial charge in [-0.05, 0) is 40.8 Å². The number of nitrogens with two attached hydrogens (primary N) is 2. The number of nitrogens with zero attached hydrogens (tertiary/aromatic N) is 2. The normalized spacial score (nSPS) is 10.2. The number of pyridine rings is 1. The number of halogens is 1. The first-order valence-electron chi connectivity index (χ1n) is 4.35. The van der Waals surface area contributed by atoms with Gasteiger partial charge in [0.25, 0.3) is 0 Å². The van der Waals surface area contributed by atoms with Gasteiger partial charge >= 0.3 is 0 Å². The first-order chi connectivity index (χ1) is 7.56. The van der Waals surface area contributed by atoms with Crippen LogP contribution in [0.4, 0.5) is 5.82 Å². The van der Waals surface area contributed by atoms with Crippen LogP contribution in [0.5, 0.6) is 0 Å². The molecule has 1 heterocycles. The Morgan fingerprint density at radius 1 is 1.44 bits per heavy atom. The third-order valence-electron chi connectivity index (χ3n) is 2.32. The Balaban J connectivity index is 3.10. The lowest BCUT2D eigenvalue weighted by molar-refractivity contribution is 1.05. The van der Waals surface area contributed by atoms with E-state index in [2.05, 4.69) is 22.6 Å². The second-order valence-corrected chi connectivity index (χ2v) is 4.48. The second kappa shape index (κ2) is 3.68. The monoisotopic (exact) mass is 326 g/mol. The molecule has 0 atom stereocenters. The van der Waals surface area contributed by atoms with E-state index in [4.69, 9.17) is 16.8 Å². The highest BCUT2D eigenvalue weighted by molar-refractivity contribution is 14.1. The number of nitrogen functional groups attached to an aromatic ring is 2. The number of benzene rings is 1. The molecule has 5 nitrogen and oxygen atoms in total. The van der Waals surface area contributed by atoms with Crippen molar-refractivity contribution in [1.82, 2.24) is 4.68 Å². The molecule has 0 aliphatic carbocycles. The molecule has 6 heteroatoms. The Morgan fingerprint density at radius 3 is 2.75 bits per heavy atom. The SMILES string of the molecule is N#Cc1c(N)n(N)c2ccc(I)cc2c1=O. The number of rotatable bonds is 0. The van der Waals surface area contributed by atoms with Crippen LogP contribution in [-0.4, -0.2) is 4.68 Å². The summed E-state index contributed by atoms with van der Waals surface area (Å²) in [5.74, 6) is 5.70. The van der Waals surface area contributed by atoms with Gasteiger partial charge in [0.15, 0.2) is 0 Å². The van der Waals surface area contributed by atoms with Crippen LogP contribution in [0.25, 0.3) is 10.9 Å². The molecular weight excluding hydrogens is 319 g/mol. The quantitative estimate of drug-likeness (QED) is 0.552. The summed E-state index contributed by atoms with van der Waals surface area (Å²) in [5, 5.41) is 9.25. The smallest absolute Gasteiger partial charge is 0.209 e. The third-order valence-corrected chi connectivity index (χ3v) is 2.99. The van der Waals surface area contributed by atoms with Gasteiger partial charge in [-0.25, -0.2) is 4.68 Å². The van der Waals surface area contributed by atoms with Gasteiger partial charge in [0.2, 0.25) is 5.43 Å². The van der Waals surface area contributed by atoms with Crippen molar-refractivity contribution >= 4 is 39.3 Å². The maximum atomic E-state index is 11.9. The van der Waals surface area contributed by atoms with Gasteiger partial charge in [-0.15, -0.1) is 0 Å². The molecule has 0 spiro atoms. The minimum absolute atomic E-state index is 0.0128. The Hall–Kier alpha value is -1.75. The number of anilines is 1. The van der Waals surface area contributed by atoms with E-state index in [9.17, 15) is 4.79 Å². The van der Waals surface area contributed by atoms with Crippen LogP contribution < -0.4 is 17.0 Å². The van der Waals surface area contributed by atoms with Crippen LogP contribution >= 0.6 is 22.6 Å². The average Bonchev–Trinajstić information content (AvgIpc) is 2.27. The van der Waals surface area contributed by atoms with E-state index in [1.165, 1.54) is 0 Å². The van der Waals surface area contributed by atoms with Crippen molar-refractivity contribution in [1.29, 1.82) is 5.26 Å². The van der Waals surface area contributed by atoms with Crippen molar-refractivity contribution in [2.45, 2.75) is 0 Å². The number of nitriles is 1. The second-order valence-electron chi connectivity index (χ2n) is 3.23. The number of aromatic nitrogens is 1. The predicted molar refractivity (Wildman–Crippen MR) is 70.2 cm³/mol. The van der Waals surface area contributed by atoms with Crippen LogP contribution in [0.15, 0.2) is 23.0 Å². The summed E-state index contributed by atoms with van der Waals surface area (Å²) in [6.07, 6.45) is 0. The Labute approximate surface area is 104 Å². The number of hydrogen-bond acceptors (Lipinski definition) is 4. The molecule has 4 N–H and O–H groups in total. The Morgan fingerprint density at radius 2 is 2.12 bits per heavy atom. The first kappa shape index (κ1) is 10.8. The fourth-order valence-corrected chi connectivity index (χ4v) is 2.00. The predicted octanol–water partition coefficient (Wildman–Crippen LogP) is 0.774. The molecule has 0 saturated heterocycles. The molecule has 0 aliphatic rings. The Bertz CT molecular complexity index is 684. The molecule has 2 rings (SSSR count). The summed E-state index contributed by atoms with van der Waals surface area (Å²) < 4.78 is 2.06. The number of fused-ring (bicyclic) bond motifs is 1. The first-order valence-corrected chi connectivity index (χ1v) is 5.43. The summed E-state index contributed by atoms with van der Waals surface area (Å²) in [7, 11) is 0. The lowest BCUT2D eigenvalue weighted by Gasteiger charge is -2.09.